The molecule has 4 nitrogen and oxygen atoms in total. The third kappa shape index (κ3) is 5.86. The second kappa shape index (κ2) is 9.49. The summed E-state index contributed by atoms with van der Waals surface area (Å²) in [7, 11) is 0. The van der Waals surface area contributed by atoms with Crippen molar-refractivity contribution in [1.82, 2.24) is 14.8 Å². The smallest absolute Gasteiger partial charge is 0.416 e. The summed E-state index contributed by atoms with van der Waals surface area (Å²) in [5, 5.41) is 8.93. The van der Waals surface area contributed by atoms with E-state index in [2.05, 4.69) is 32.7 Å². The monoisotopic (exact) mass is 483 g/mol. The molecule has 3 rings (SSSR count). The van der Waals surface area contributed by atoms with Crippen molar-refractivity contribution in [3.63, 3.8) is 0 Å². The molecule has 0 aliphatic rings. The molecule has 0 saturated carbocycles. The van der Waals surface area contributed by atoms with Crippen molar-refractivity contribution in [2.24, 2.45) is 0 Å². The van der Waals surface area contributed by atoms with Gasteiger partial charge in [0.15, 0.2) is 11.0 Å². The zero-order valence-corrected chi connectivity index (χ0v) is 17.6. The first-order chi connectivity index (χ1) is 13.9. The zero-order valence-electron chi connectivity index (χ0n) is 15.2. The molecule has 0 amide bonds. The Kier molecular flexibility index (Phi) is 7.02. The highest BCUT2D eigenvalue weighted by molar-refractivity contribution is 9.10. The normalized spacial score (nSPS) is 11.4. The maximum absolute atomic E-state index is 12.9. The highest BCUT2D eigenvalue weighted by atomic mass is 79.9. The van der Waals surface area contributed by atoms with Crippen LogP contribution in [0.15, 0.2) is 70.8 Å². The van der Waals surface area contributed by atoms with Gasteiger partial charge in [-0.25, -0.2) is 0 Å². The molecular weight excluding hydrogens is 467 g/mol. The van der Waals surface area contributed by atoms with Gasteiger partial charge in [0, 0.05) is 16.8 Å². The van der Waals surface area contributed by atoms with Crippen LogP contribution < -0.4 is 4.74 Å². The summed E-state index contributed by atoms with van der Waals surface area (Å²) >= 11 is 4.69. The van der Waals surface area contributed by atoms with E-state index in [1.165, 1.54) is 17.8 Å². The van der Waals surface area contributed by atoms with Gasteiger partial charge in [-0.05, 0) is 35.9 Å². The minimum absolute atomic E-state index is 0.215. The average molecular weight is 484 g/mol. The lowest BCUT2D eigenvalue weighted by molar-refractivity contribution is -0.137. The van der Waals surface area contributed by atoms with E-state index >= 15 is 0 Å². The van der Waals surface area contributed by atoms with Crippen LogP contribution in [0.3, 0.4) is 0 Å². The fourth-order valence-electron chi connectivity index (χ4n) is 2.51. The fraction of sp³-hybridized carbons (Fsp3) is 0.200. The Morgan fingerprint density at radius 1 is 1.14 bits per heavy atom. The summed E-state index contributed by atoms with van der Waals surface area (Å²) in [5.41, 5.74) is -0.0996. The molecule has 29 heavy (non-hydrogen) atoms. The van der Waals surface area contributed by atoms with Crippen molar-refractivity contribution < 1.29 is 17.9 Å². The van der Waals surface area contributed by atoms with E-state index in [9.17, 15) is 13.2 Å². The first-order valence-electron chi connectivity index (χ1n) is 8.57. The number of rotatable bonds is 8. The van der Waals surface area contributed by atoms with E-state index in [4.69, 9.17) is 4.74 Å². The molecule has 1 aromatic heterocycles. The molecule has 0 atom stereocenters. The van der Waals surface area contributed by atoms with Gasteiger partial charge >= 0.3 is 6.18 Å². The molecule has 0 N–H and O–H groups in total. The minimum Gasteiger partial charge on any atom is -0.486 e. The summed E-state index contributed by atoms with van der Waals surface area (Å²) in [6.07, 6.45) is -2.65. The van der Waals surface area contributed by atoms with Crippen LogP contribution in [0.4, 0.5) is 13.2 Å². The molecule has 0 fully saturated rings. The maximum atomic E-state index is 12.9. The van der Waals surface area contributed by atoms with Crippen LogP contribution in [0.1, 0.15) is 17.0 Å². The van der Waals surface area contributed by atoms with Gasteiger partial charge < -0.3 is 4.74 Å². The summed E-state index contributed by atoms with van der Waals surface area (Å²) < 4.78 is 47.2. The molecule has 0 spiro atoms. The first-order valence-corrected chi connectivity index (χ1v) is 10.3. The number of nitrogens with zero attached hydrogens (tertiary/aromatic N) is 3. The van der Waals surface area contributed by atoms with Crippen molar-refractivity contribution in [2.45, 2.75) is 30.2 Å². The molecule has 9 heteroatoms. The molecule has 3 aromatic rings. The third-order valence-electron chi connectivity index (χ3n) is 3.91. The lowest BCUT2D eigenvalue weighted by atomic mass is 10.1. The minimum atomic E-state index is -4.36. The largest absolute Gasteiger partial charge is 0.486 e. The van der Waals surface area contributed by atoms with Crippen molar-refractivity contribution in [1.29, 1.82) is 0 Å². The number of hydrogen-bond acceptors (Lipinski definition) is 4. The third-order valence-corrected chi connectivity index (χ3v) is 5.48. The zero-order chi connectivity index (χ0) is 20.9. The van der Waals surface area contributed by atoms with Crippen molar-refractivity contribution in [3.8, 4) is 5.75 Å². The molecule has 152 valence electrons. The lowest BCUT2D eigenvalue weighted by Gasteiger charge is -2.10. The van der Waals surface area contributed by atoms with Gasteiger partial charge in [-0.1, -0.05) is 52.0 Å². The van der Waals surface area contributed by atoms with Crippen LogP contribution in [0.5, 0.6) is 5.75 Å². The Morgan fingerprint density at radius 2 is 1.90 bits per heavy atom. The van der Waals surface area contributed by atoms with Crippen molar-refractivity contribution >= 4 is 27.7 Å². The molecular formula is C20H17BrF3N3OS. The Bertz CT molecular complexity index is 974. The molecule has 0 aliphatic carbocycles. The Labute approximate surface area is 178 Å². The van der Waals surface area contributed by atoms with E-state index in [0.29, 0.717) is 34.6 Å². The maximum Gasteiger partial charge on any atom is 0.416 e. The Balaban J connectivity index is 1.69. The van der Waals surface area contributed by atoms with Crippen LogP contribution in [-0.4, -0.2) is 14.8 Å². The second-order valence-electron chi connectivity index (χ2n) is 6.03. The molecule has 0 aliphatic heterocycles. The molecule has 0 bridgehead atoms. The lowest BCUT2D eigenvalue weighted by Crippen LogP contribution is -2.07. The molecule has 2 aromatic carbocycles. The summed E-state index contributed by atoms with van der Waals surface area (Å²) in [6.45, 7) is 4.43. The summed E-state index contributed by atoms with van der Waals surface area (Å²) in [6, 6.07) is 12.7. The van der Waals surface area contributed by atoms with Crippen molar-refractivity contribution in [2.75, 3.05) is 0 Å². The predicted octanol–water partition coefficient (Wildman–Crippen LogP) is 6.12. The van der Waals surface area contributed by atoms with Crippen LogP contribution in [-0.2, 0) is 25.1 Å². The van der Waals surface area contributed by atoms with E-state index < -0.39 is 11.7 Å². The van der Waals surface area contributed by atoms with Gasteiger partial charge in [-0.3, -0.25) is 4.57 Å². The fourth-order valence-corrected chi connectivity index (χ4v) is 3.68. The van der Waals surface area contributed by atoms with Crippen LogP contribution in [0.2, 0.25) is 0 Å². The number of thioether (sulfide) groups is 1. The van der Waals surface area contributed by atoms with Gasteiger partial charge in [0.2, 0.25) is 0 Å². The molecule has 1 heterocycles. The van der Waals surface area contributed by atoms with Gasteiger partial charge in [0.1, 0.15) is 12.4 Å². The first kappa shape index (κ1) is 21.4. The van der Waals surface area contributed by atoms with Gasteiger partial charge in [0.05, 0.1) is 5.56 Å². The molecule has 0 unspecified atom stereocenters. The van der Waals surface area contributed by atoms with Gasteiger partial charge in [-0.15, -0.1) is 16.8 Å². The number of alkyl halides is 3. The topological polar surface area (TPSA) is 39.9 Å². The summed E-state index contributed by atoms with van der Waals surface area (Å²) in [5.74, 6) is 1.64. The number of aromatic nitrogens is 3. The number of halogens is 4. The molecule has 0 radical (unpaired) electrons. The van der Waals surface area contributed by atoms with Gasteiger partial charge in [0.25, 0.3) is 0 Å². The highest BCUT2D eigenvalue weighted by Gasteiger charge is 2.30. The Hall–Kier alpha value is -2.26. The quantitative estimate of drug-likeness (QED) is 0.286. The number of allylic oxidation sites excluding steroid dienone is 1. The SMILES string of the molecule is C=CCn1c(COc2ccc(Br)cc2)nnc1SCc1cccc(C(F)(F)F)c1. The number of hydrogen-bond donors (Lipinski definition) is 0. The van der Waals surface area contributed by atoms with Crippen LogP contribution in [0.25, 0.3) is 0 Å². The van der Waals surface area contributed by atoms with Crippen LogP contribution in [0, 0.1) is 0 Å². The summed E-state index contributed by atoms with van der Waals surface area (Å²) in [4.78, 5) is 0. The molecule has 0 saturated heterocycles. The number of benzene rings is 2. The Morgan fingerprint density at radius 3 is 2.59 bits per heavy atom. The van der Waals surface area contributed by atoms with Crippen molar-refractivity contribution in [3.05, 3.63) is 82.6 Å². The average Bonchev–Trinajstić information content (AvgIpc) is 3.07. The number of ether oxygens (including phenoxy) is 1. The van der Waals surface area contributed by atoms with E-state index in [1.54, 1.807) is 12.1 Å². The standard InChI is InChI=1S/C20H17BrF3N3OS/c1-2-10-27-18(12-28-17-8-6-16(21)7-9-17)25-26-19(27)29-13-14-4-3-5-15(11-14)20(22,23)24/h2-9,11H,1,10,12-13H2. The highest BCUT2D eigenvalue weighted by Crippen LogP contribution is 2.31. The van der Waals surface area contributed by atoms with Crippen LogP contribution >= 0.6 is 27.7 Å². The predicted molar refractivity (Wildman–Crippen MR) is 110 cm³/mol. The second-order valence-corrected chi connectivity index (χ2v) is 7.89. The van der Waals surface area contributed by atoms with E-state index in [0.717, 1.165) is 16.6 Å². The van der Waals surface area contributed by atoms with E-state index in [1.807, 2.05) is 28.8 Å². The van der Waals surface area contributed by atoms with E-state index in [-0.39, 0.29) is 6.61 Å². The van der Waals surface area contributed by atoms with Gasteiger partial charge in [-0.2, -0.15) is 13.2 Å².